The van der Waals surface area contributed by atoms with Crippen molar-refractivity contribution in [2.24, 2.45) is 5.73 Å². The maximum atomic E-state index is 10.6. The zero-order chi connectivity index (χ0) is 26.7. The van der Waals surface area contributed by atoms with Crippen molar-refractivity contribution in [1.82, 2.24) is 0 Å². The Morgan fingerprint density at radius 1 is 0.829 bits per heavy atom. The number of nitrogens with two attached hydrogens (primary N) is 1. The molecule has 2 fully saturated rings. The summed E-state index contributed by atoms with van der Waals surface area (Å²) in [5, 5.41) is 108. The molecular weight excluding hydrogens is 486 g/mol. The summed E-state index contributed by atoms with van der Waals surface area (Å²) >= 11 is 0. The van der Waals surface area contributed by atoms with Gasteiger partial charge in [0.05, 0.1) is 19.8 Å². The Bertz CT molecular complexity index is 668. The molecule has 0 aromatic rings. The Morgan fingerprint density at radius 2 is 1.31 bits per heavy atom. The summed E-state index contributed by atoms with van der Waals surface area (Å²) in [7, 11) is 0. The van der Waals surface area contributed by atoms with Gasteiger partial charge in [-0.1, -0.05) is 0 Å². The van der Waals surface area contributed by atoms with E-state index in [1.54, 1.807) is 0 Å². The van der Waals surface area contributed by atoms with Crippen LogP contribution in [0.5, 0.6) is 0 Å². The minimum atomic E-state index is -2.95. The van der Waals surface area contributed by atoms with E-state index >= 15 is 0 Å². The quantitative estimate of drug-likeness (QED) is 0.0890. The van der Waals surface area contributed by atoms with Crippen LogP contribution in [0.2, 0.25) is 0 Å². The molecule has 35 heavy (non-hydrogen) atoms. The first-order valence-corrected chi connectivity index (χ1v) is 10.5. The molecule has 13 N–H and O–H groups in total. The summed E-state index contributed by atoms with van der Waals surface area (Å²) in [5.41, 5.74) is 2.28. The van der Waals surface area contributed by atoms with Crippen LogP contribution in [0.25, 0.3) is 0 Å². The standard InChI is InChI=1S/C18H33NO16/c19-18(31,8(23)2-21)15(30)5(22)3-32-16-14(29)12(27)10(25)7(35-16)4-33-17-13(28)11(26)9(24)6(1-20)34-17/h2,5-17,20,22-31H,1,3-4,19H2/t5-,6-,7-,8+,9-,10-,11+,12+,13-,14-,15-,16+,17+,18-/m1/s1. The molecule has 0 unspecified atom stereocenters. The van der Waals surface area contributed by atoms with Crippen molar-refractivity contribution in [2.75, 3.05) is 19.8 Å². The van der Waals surface area contributed by atoms with E-state index in [9.17, 15) is 61.0 Å². The SMILES string of the molecule is N[C@](O)([C@H](O)[C@H](O)CO[C@H]1O[C@H](CO[C@H]2O[C@H](CO)[C@@H](O)[C@H](O)[C@H]2O)[C@@H](O)[C@H](O)[C@H]1O)[C@@H](O)C=O. The van der Waals surface area contributed by atoms with Crippen LogP contribution >= 0.6 is 0 Å². The molecule has 2 rings (SSSR count). The molecule has 0 aromatic heterocycles. The number of carbonyl (C=O) groups is 1. The van der Waals surface area contributed by atoms with E-state index in [1.165, 1.54) is 0 Å². The van der Waals surface area contributed by atoms with E-state index < -0.39 is 105 Å². The highest BCUT2D eigenvalue weighted by Gasteiger charge is 2.48. The van der Waals surface area contributed by atoms with Gasteiger partial charge >= 0.3 is 0 Å². The molecule has 17 nitrogen and oxygen atoms in total. The molecule has 14 atom stereocenters. The first-order chi connectivity index (χ1) is 16.3. The first-order valence-electron chi connectivity index (χ1n) is 10.5. The summed E-state index contributed by atoms with van der Waals surface area (Å²) < 4.78 is 20.8. The lowest BCUT2D eigenvalue weighted by molar-refractivity contribution is -0.333. The Morgan fingerprint density at radius 3 is 1.83 bits per heavy atom. The second kappa shape index (κ2) is 12.5. The van der Waals surface area contributed by atoms with Crippen LogP contribution < -0.4 is 5.73 Å². The average molecular weight is 519 g/mol. The van der Waals surface area contributed by atoms with Gasteiger partial charge < -0.3 is 79.9 Å². The number of rotatable bonds is 11. The van der Waals surface area contributed by atoms with Crippen molar-refractivity contribution < 1.29 is 79.9 Å². The molecule has 0 aromatic carbocycles. The van der Waals surface area contributed by atoms with Crippen molar-refractivity contribution >= 4 is 6.29 Å². The molecule has 2 heterocycles. The Balaban J connectivity index is 1.98. The minimum absolute atomic E-state index is 0.178. The molecule has 2 aliphatic rings. The van der Waals surface area contributed by atoms with Gasteiger partial charge in [0.15, 0.2) is 30.7 Å². The monoisotopic (exact) mass is 519 g/mol. The fourth-order valence-corrected chi connectivity index (χ4v) is 3.46. The van der Waals surface area contributed by atoms with E-state index in [4.69, 9.17) is 24.7 Å². The van der Waals surface area contributed by atoms with Gasteiger partial charge in [0.25, 0.3) is 0 Å². The third-order valence-electron chi connectivity index (χ3n) is 5.81. The Hall–Kier alpha value is -0.970. The summed E-state index contributed by atoms with van der Waals surface area (Å²) in [6.45, 7) is -2.26. The Kier molecular flexibility index (Phi) is 10.8. The second-order valence-corrected chi connectivity index (χ2v) is 8.36. The average Bonchev–Trinajstić information content (AvgIpc) is 2.84. The number of aldehydes is 1. The van der Waals surface area contributed by atoms with Gasteiger partial charge in [-0.3, -0.25) is 5.73 Å². The van der Waals surface area contributed by atoms with E-state index in [0.717, 1.165) is 0 Å². The zero-order valence-corrected chi connectivity index (χ0v) is 18.2. The second-order valence-electron chi connectivity index (χ2n) is 8.36. The van der Waals surface area contributed by atoms with Crippen LogP contribution in [0.3, 0.4) is 0 Å². The number of aliphatic hydroxyl groups is 11. The van der Waals surface area contributed by atoms with Gasteiger partial charge in [-0.05, 0) is 0 Å². The number of hydrogen-bond acceptors (Lipinski definition) is 17. The lowest BCUT2D eigenvalue weighted by Crippen LogP contribution is -2.65. The largest absolute Gasteiger partial charge is 0.394 e. The van der Waals surface area contributed by atoms with Gasteiger partial charge in [0.1, 0.15) is 61.0 Å². The highest BCUT2D eigenvalue weighted by atomic mass is 16.7. The Labute approximate surface area is 198 Å². The molecule has 0 spiro atoms. The maximum Gasteiger partial charge on any atom is 0.186 e. The van der Waals surface area contributed by atoms with E-state index in [0.29, 0.717) is 0 Å². The predicted molar refractivity (Wildman–Crippen MR) is 106 cm³/mol. The van der Waals surface area contributed by atoms with Crippen molar-refractivity contribution in [2.45, 2.75) is 85.4 Å². The van der Waals surface area contributed by atoms with E-state index in [2.05, 4.69) is 0 Å². The van der Waals surface area contributed by atoms with E-state index in [-0.39, 0.29) is 6.29 Å². The van der Waals surface area contributed by atoms with Crippen LogP contribution in [-0.4, -0.2) is 168 Å². The molecule has 206 valence electrons. The fraction of sp³-hybridized carbons (Fsp3) is 0.944. The summed E-state index contributed by atoms with van der Waals surface area (Å²) in [6, 6.07) is 0. The third-order valence-corrected chi connectivity index (χ3v) is 5.81. The summed E-state index contributed by atoms with van der Waals surface area (Å²) in [5.74, 6) is 0. The normalized spacial score (nSPS) is 42.6. The van der Waals surface area contributed by atoms with Crippen molar-refractivity contribution in [3.63, 3.8) is 0 Å². The molecular formula is C18H33NO16. The van der Waals surface area contributed by atoms with Crippen LogP contribution in [0.15, 0.2) is 0 Å². The van der Waals surface area contributed by atoms with Crippen LogP contribution in [0.1, 0.15) is 0 Å². The molecule has 0 aliphatic carbocycles. The predicted octanol–water partition coefficient (Wildman–Crippen LogP) is -8.44. The lowest BCUT2D eigenvalue weighted by atomic mass is 9.97. The highest BCUT2D eigenvalue weighted by Crippen LogP contribution is 2.26. The van der Waals surface area contributed by atoms with Gasteiger partial charge in [-0.25, -0.2) is 0 Å². The van der Waals surface area contributed by atoms with Gasteiger partial charge in [0, 0.05) is 0 Å². The van der Waals surface area contributed by atoms with Crippen molar-refractivity contribution in [3.05, 3.63) is 0 Å². The number of carbonyl (C=O) groups excluding carboxylic acids is 1. The molecule has 0 saturated carbocycles. The summed E-state index contributed by atoms with van der Waals surface area (Å²) in [6.07, 6.45) is -23.5. The molecule has 17 heteroatoms. The van der Waals surface area contributed by atoms with Crippen LogP contribution in [0.4, 0.5) is 0 Å². The highest BCUT2D eigenvalue weighted by molar-refractivity contribution is 5.58. The minimum Gasteiger partial charge on any atom is -0.394 e. The number of hydrogen-bond donors (Lipinski definition) is 12. The van der Waals surface area contributed by atoms with Gasteiger partial charge in [-0.2, -0.15) is 0 Å². The zero-order valence-electron chi connectivity index (χ0n) is 18.2. The van der Waals surface area contributed by atoms with Crippen molar-refractivity contribution in [3.8, 4) is 0 Å². The van der Waals surface area contributed by atoms with Crippen LogP contribution in [0, 0.1) is 0 Å². The molecule has 0 radical (unpaired) electrons. The molecule has 0 amide bonds. The molecule has 2 aliphatic heterocycles. The maximum absolute atomic E-state index is 10.6. The van der Waals surface area contributed by atoms with Crippen molar-refractivity contribution in [1.29, 1.82) is 0 Å². The first kappa shape index (κ1) is 30.3. The van der Waals surface area contributed by atoms with Crippen LogP contribution in [-0.2, 0) is 23.7 Å². The summed E-state index contributed by atoms with van der Waals surface area (Å²) in [4.78, 5) is 10.6. The van der Waals surface area contributed by atoms with Gasteiger partial charge in [-0.15, -0.1) is 0 Å². The number of ether oxygens (including phenoxy) is 4. The molecule has 2 saturated heterocycles. The fourth-order valence-electron chi connectivity index (χ4n) is 3.46. The van der Waals surface area contributed by atoms with Gasteiger partial charge in [0.2, 0.25) is 0 Å². The van der Waals surface area contributed by atoms with E-state index in [1.807, 2.05) is 0 Å². The number of aliphatic hydroxyl groups excluding tert-OH is 10. The topological polar surface area (TPSA) is 303 Å². The smallest absolute Gasteiger partial charge is 0.186 e. The third kappa shape index (κ3) is 6.67. The molecule has 0 bridgehead atoms. The lowest BCUT2D eigenvalue weighted by Gasteiger charge is -2.43.